The van der Waals surface area contributed by atoms with Crippen molar-refractivity contribution < 1.29 is 19.7 Å². The molecule has 0 unspecified atom stereocenters. The zero-order valence-electron chi connectivity index (χ0n) is 13.9. The molecule has 2 aromatic rings. The standard InChI is InChI=1S/C17H12N4O6/c1-9(15-16(22)11-4-2-3-5-12(11)17(15)23)18-19-13-7-6-10(20(24)25)8-14(13)21(26)27/h2-8,19,22H,1H3/b18-9+. The number of aliphatic hydroxyl groups is 1. The molecule has 0 heterocycles. The maximum absolute atomic E-state index is 12.4. The molecule has 0 radical (unpaired) electrons. The van der Waals surface area contributed by atoms with E-state index in [-0.39, 0.29) is 22.7 Å². The van der Waals surface area contributed by atoms with E-state index in [1.807, 2.05) is 0 Å². The van der Waals surface area contributed by atoms with Gasteiger partial charge in [-0.05, 0) is 13.0 Å². The van der Waals surface area contributed by atoms with Crippen LogP contribution in [0.15, 0.2) is 53.1 Å². The molecule has 0 amide bonds. The Hall–Kier alpha value is -4.08. The first kappa shape index (κ1) is 17.7. The predicted octanol–water partition coefficient (Wildman–Crippen LogP) is 3.46. The van der Waals surface area contributed by atoms with Crippen LogP contribution in [-0.4, -0.2) is 26.4 Å². The molecule has 0 atom stereocenters. The normalized spacial score (nSPS) is 13.5. The number of benzene rings is 2. The zero-order chi connectivity index (χ0) is 19.7. The molecule has 2 N–H and O–H groups in total. The molecular weight excluding hydrogens is 356 g/mol. The van der Waals surface area contributed by atoms with E-state index in [1.54, 1.807) is 24.3 Å². The molecule has 1 aliphatic carbocycles. The number of carbonyl (C=O) groups excluding carboxylic acids is 1. The monoisotopic (exact) mass is 368 g/mol. The number of anilines is 1. The van der Waals surface area contributed by atoms with Gasteiger partial charge in [-0.1, -0.05) is 24.3 Å². The van der Waals surface area contributed by atoms with Crippen LogP contribution >= 0.6 is 0 Å². The second-order valence-corrected chi connectivity index (χ2v) is 5.62. The lowest BCUT2D eigenvalue weighted by molar-refractivity contribution is -0.393. The number of fused-ring (bicyclic) bond motifs is 1. The summed E-state index contributed by atoms with van der Waals surface area (Å²) < 4.78 is 0. The number of allylic oxidation sites excluding steroid dienone is 1. The Morgan fingerprint density at radius 3 is 2.33 bits per heavy atom. The molecule has 0 aromatic heterocycles. The number of nitrogens with one attached hydrogen (secondary N) is 1. The molecule has 3 rings (SSSR count). The van der Waals surface area contributed by atoms with Crippen LogP contribution in [0.3, 0.4) is 0 Å². The number of nitro benzene ring substituents is 2. The van der Waals surface area contributed by atoms with E-state index >= 15 is 0 Å². The van der Waals surface area contributed by atoms with Gasteiger partial charge in [0.15, 0.2) is 5.78 Å². The molecule has 1 aliphatic rings. The lowest BCUT2D eigenvalue weighted by atomic mass is 10.1. The van der Waals surface area contributed by atoms with Crippen molar-refractivity contribution in [2.75, 3.05) is 5.43 Å². The van der Waals surface area contributed by atoms with E-state index < -0.39 is 27.0 Å². The van der Waals surface area contributed by atoms with E-state index in [4.69, 9.17) is 0 Å². The fraction of sp³-hybridized carbons (Fsp3) is 0.0588. The summed E-state index contributed by atoms with van der Waals surface area (Å²) in [5, 5.41) is 36.1. The first-order chi connectivity index (χ1) is 12.8. The number of non-ortho nitro benzene ring substituents is 1. The second kappa shape index (κ2) is 6.67. The molecule has 10 heteroatoms. The van der Waals surface area contributed by atoms with Crippen molar-refractivity contribution in [1.29, 1.82) is 0 Å². The van der Waals surface area contributed by atoms with E-state index in [9.17, 15) is 30.1 Å². The van der Waals surface area contributed by atoms with Gasteiger partial charge in [0.25, 0.3) is 5.69 Å². The van der Waals surface area contributed by atoms with Crippen molar-refractivity contribution in [2.45, 2.75) is 6.92 Å². The highest BCUT2D eigenvalue weighted by Crippen LogP contribution is 2.32. The summed E-state index contributed by atoms with van der Waals surface area (Å²) in [6.45, 7) is 1.46. The van der Waals surface area contributed by atoms with Gasteiger partial charge in [-0.2, -0.15) is 5.10 Å². The number of ketones is 1. The van der Waals surface area contributed by atoms with E-state index in [1.165, 1.54) is 6.92 Å². The van der Waals surface area contributed by atoms with Gasteiger partial charge >= 0.3 is 5.69 Å². The smallest absolute Gasteiger partial charge is 0.301 e. The zero-order valence-corrected chi connectivity index (χ0v) is 13.9. The van der Waals surface area contributed by atoms with E-state index in [2.05, 4.69) is 10.5 Å². The van der Waals surface area contributed by atoms with Gasteiger partial charge in [0, 0.05) is 17.2 Å². The number of hydrogen-bond acceptors (Lipinski definition) is 8. The highest BCUT2D eigenvalue weighted by molar-refractivity contribution is 6.35. The van der Waals surface area contributed by atoms with Crippen molar-refractivity contribution in [1.82, 2.24) is 0 Å². The summed E-state index contributed by atoms with van der Waals surface area (Å²) in [6.07, 6.45) is 0. The molecule has 0 fully saturated rings. The Morgan fingerprint density at radius 2 is 1.74 bits per heavy atom. The minimum Gasteiger partial charge on any atom is -0.506 e. The molecule has 0 saturated carbocycles. The minimum atomic E-state index is -0.784. The first-order valence-electron chi connectivity index (χ1n) is 7.62. The summed E-state index contributed by atoms with van der Waals surface area (Å²) in [4.78, 5) is 32.8. The van der Waals surface area contributed by atoms with Gasteiger partial charge in [0.2, 0.25) is 0 Å². The Balaban J connectivity index is 1.93. The number of aliphatic hydroxyl groups excluding tert-OH is 1. The van der Waals surface area contributed by atoms with Crippen LogP contribution in [0.1, 0.15) is 22.8 Å². The third kappa shape index (κ3) is 3.11. The number of hydrazone groups is 1. The fourth-order valence-electron chi connectivity index (χ4n) is 2.68. The third-order valence-corrected chi connectivity index (χ3v) is 3.99. The molecular formula is C17H12N4O6. The first-order valence-corrected chi connectivity index (χ1v) is 7.62. The number of nitro groups is 2. The Morgan fingerprint density at radius 1 is 1.07 bits per heavy atom. The van der Waals surface area contributed by atoms with E-state index in [0.717, 1.165) is 18.2 Å². The van der Waals surface area contributed by atoms with Crippen LogP contribution in [0.25, 0.3) is 5.76 Å². The third-order valence-electron chi connectivity index (χ3n) is 3.99. The summed E-state index contributed by atoms with van der Waals surface area (Å²) in [5.41, 5.74) is 2.17. The van der Waals surface area contributed by atoms with Crippen LogP contribution in [0, 0.1) is 20.2 Å². The van der Waals surface area contributed by atoms with Crippen LogP contribution in [0.2, 0.25) is 0 Å². The molecule has 136 valence electrons. The molecule has 27 heavy (non-hydrogen) atoms. The van der Waals surface area contributed by atoms with Gasteiger partial charge in [-0.15, -0.1) is 0 Å². The summed E-state index contributed by atoms with van der Waals surface area (Å²) in [6, 6.07) is 9.55. The Bertz CT molecular complexity index is 1060. The van der Waals surface area contributed by atoms with Crippen LogP contribution in [-0.2, 0) is 0 Å². The average Bonchev–Trinajstić information content (AvgIpc) is 2.90. The van der Waals surface area contributed by atoms with Gasteiger partial charge in [0.1, 0.15) is 11.4 Å². The molecule has 0 spiro atoms. The van der Waals surface area contributed by atoms with Gasteiger partial charge in [-0.3, -0.25) is 30.4 Å². The quantitative estimate of drug-likeness (QED) is 0.466. The maximum Gasteiger partial charge on any atom is 0.301 e. The average molecular weight is 368 g/mol. The number of rotatable bonds is 5. The van der Waals surface area contributed by atoms with E-state index in [0.29, 0.717) is 11.1 Å². The van der Waals surface area contributed by atoms with Crippen molar-refractivity contribution in [3.8, 4) is 0 Å². The highest BCUT2D eigenvalue weighted by Gasteiger charge is 2.31. The molecule has 0 bridgehead atoms. The van der Waals surface area contributed by atoms with Crippen LogP contribution in [0.4, 0.5) is 17.1 Å². The van der Waals surface area contributed by atoms with Crippen molar-refractivity contribution in [3.05, 3.63) is 79.4 Å². The topological polar surface area (TPSA) is 148 Å². The van der Waals surface area contributed by atoms with Gasteiger partial charge in [-0.25, -0.2) is 0 Å². The van der Waals surface area contributed by atoms with Crippen LogP contribution < -0.4 is 5.43 Å². The van der Waals surface area contributed by atoms with Gasteiger partial charge < -0.3 is 5.11 Å². The summed E-state index contributed by atoms with van der Waals surface area (Å²) in [5.74, 6) is -0.638. The van der Waals surface area contributed by atoms with Crippen LogP contribution in [0.5, 0.6) is 0 Å². The second-order valence-electron chi connectivity index (χ2n) is 5.62. The number of Topliss-reactive ketones (excluding diaryl/α,β-unsaturated/α-hetero) is 1. The number of hydrogen-bond donors (Lipinski definition) is 2. The molecule has 10 nitrogen and oxygen atoms in total. The molecule has 0 saturated heterocycles. The summed E-state index contributed by atoms with van der Waals surface area (Å²) >= 11 is 0. The lowest BCUT2D eigenvalue weighted by Gasteiger charge is -2.05. The maximum atomic E-state index is 12.4. The largest absolute Gasteiger partial charge is 0.506 e. The van der Waals surface area contributed by atoms with Crippen molar-refractivity contribution in [3.63, 3.8) is 0 Å². The predicted molar refractivity (Wildman–Crippen MR) is 96.8 cm³/mol. The lowest BCUT2D eigenvalue weighted by Crippen LogP contribution is -2.10. The molecule has 0 aliphatic heterocycles. The number of carbonyl (C=O) groups is 1. The van der Waals surface area contributed by atoms with Crippen molar-refractivity contribution >= 4 is 34.3 Å². The SMILES string of the molecule is C/C(=N\Nc1ccc([N+](=O)[O-])cc1[N+](=O)[O-])C1=C(O)c2ccccc2C1=O. The van der Waals surface area contributed by atoms with Gasteiger partial charge in [0.05, 0.1) is 27.2 Å². The fourth-order valence-corrected chi connectivity index (χ4v) is 2.68. The summed E-state index contributed by atoms with van der Waals surface area (Å²) in [7, 11) is 0. The number of nitrogens with zero attached hydrogens (tertiary/aromatic N) is 3. The molecule has 2 aromatic carbocycles. The van der Waals surface area contributed by atoms with Crippen molar-refractivity contribution in [2.24, 2.45) is 5.10 Å². The minimum absolute atomic E-state index is 0.0201. The Kier molecular flexibility index (Phi) is 4.38. The Labute approximate surface area is 151 Å². The highest BCUT2D eigenvalue weighted by atomic mass is 16.6.